The van der Waals surface area contributed by atoms with Crippen molar-refractivity contribution in [2.75, 3.05) is 18.4 Å². The second kappa shape index (κ2) is 7.49. The Bertz CT molecular complexity index is 567. The summed E-state index contributed by atoms with van der Waals surface area (Å²) in [5, 5.41) is 9.09. The van der Waals surface area contributed by atoms with Gasteiger partial charge in [-0.1, -0.05) is 32.0 Å². The van der Waals surface area contributed by atoms with Crippen LogP contribution in [0.2, 0.25) is 0 Å². The SMILES string of the molecule is CCC1(CC)CNC(=O)C1NC(=O)CCNc1ccccc1C. The van der Waals surface area contributed by atoms with E-state index in [0.717, 1.165) is 24.1 Å². The van der Waals surface area contributed by atoms with E-state index in [-0.39, 0.29) is 17.2 Å². The molecule has 5 heteroatoms. The summed E-state index contributed by atoms with van der Waals surface area (Å²) in [4.78, 5) is 24.2. The van der Waals surface area contributed by atoms with Gasteiger partial charge in [-0.2, -0.15) is 0 Å². The van der Waals surface area contributed by atoms with Crippen LogP contribution in [0, 0.1) is 12.3 Å². The predicted octanol–water partition coefficient (Wildman–Crippen LogP) is 2.22. The topological polar surface area (TPSA) is 70.2 Å². The van der Waals surface area contributed by atoms with Crippen LogP contribution < -0.4 is 16.0 Å². The number of carbonyl (C=O) groups excluding carboxylic acids is 2. The van der Waals surface area contributed by atoms with Gasteiger partial charge in [-0.05, 0) is 31.4 Å². The van der Waals surface area contributed by atoms with E-state index in [9.17, 15) is 9.59 Å². The van der Waals surface area contributed by atoms with Crippen LogP contribution in [0.5, 0.6) is 0 Å². The van der Waals surface area contributed by atoms with Crippen LogP contribution in [-0.4, -0.2) is 30.9 Å². The van der Waals surface area contributed by atoms with Gasteiger partial charge in [0.05, 0.1) is 0 Å². The zero-order valence-electron chi connectivity index (χ0n) is 14.2. The van der Waals surface area contributed by atoms with Gasteiger partial charge in [-0.15, -0.1) is 0 Å². The monoisotopic (exact) mass is 317 g/mol. The summed E-state index contributed by atoms with van der Waals surface area (Å²) in [6, 6.07) is 7.57. The molecule has 1 unspecified atom stereocenters. The number of carbonyl (C=O) groups is 2. The van der Waals surface area contributed by atoms with Crippen molar-refractivity contribution in [3.63, 3.8) is 0 Å². The van der Waals surface area contributed by atoms with Gasteiger partial charge in [0.15, 0.2) is 0 Å². The van der Waals surface area contributed by atoms with Crippen LogP contribution in [0.3, 0.4) is 0 Å². The van der Waals surface area contributed by atoms with Gasteiger partial charge in [0.1, 0.15) is 6.04 Å². The molecule has 0 radical (unpaired) electrons. The number of hydrogen-bond donors (Lipinski definition) is 3. The Labute approximate surface area is 138 Å². The number of aryl methyl sites for hydroxylation is 1. The van der Waals surface area contributed by atoms with Crippen LogP contribution in [0.1, 0.15) is 38.7 Å². The standard InChI is InChI=1S/C18H27N3O2/c1-4-18(5-2)12-20-17(23)16(18)21-15(22)10-11-19-14-9-7-6-8-13(14)3/h6-9,16,19H,4-5,10-12H2,1-3H3,(H,20,23)(H,21,22). The van der Waals surface area contributed by atoms with Crippen molar-refractivity contribution < 1.29 is 9.59 Å². The molecular formula is C18H27N3O2. The highest BCUT2D eigenvalue weighted by Crippen LogP contribution is 2.34. The molecule has 0 aliphatic carbocycles. The molecule has 1 aromatic rings. The minimum atomic E-state index is -0.413. The summed E-state index contributed by atoms with van der Waals surface area (Å²) < 4.78 is 0. The molecule has 126 valence electrons. The Balaban J connectivity index is 1.87. The van der Waals surface area contributed by atoms with Crippen molar-refractivity contribution in [2.45, 2.75) is 46.1 Å². The third kappa shape index (κ3) is 3.84. The lowest BCUT2D eigenvalue weighted by Crippen LogP contribution is -2.49. The lowest BCUT2D eigenvalue weighted by molar-refractivity contribution is -0.128. The molecule has 0 bridgehead atoms. The minimum absolute atomic E-state index is 0.0612. The average Bonchev–Trinajstić information content (AvgIpc) is 2.86. The quantitative estimate of drug-likeness (QED) is 0.722. The van der Waals surface area contributed by atoms with Crippen molar-refractivity contribution in [2.24, 2.45) is 5.41 Å². The average molecular weight is 317 g/mol. The number of benzene rings is 1. The fraction of sp³-hybridized carbons (Fsp3) is 0.556. The summed E-state index contributed by atoms with van der Waals surface area (Å²) in [5.74, 6) is -0.145. The second-order valence-electron chi connectivity index (χ2n) is 6.28. The summed E-state index contributed by atoms with van der Waals surface area (Å²) >= 11 is 0. The first-order chi connectivity index (χ1) is 11.0. The van der Waals surface area contributed by atoms with Crippen LogP contribution >= 0.6 is 0 Å². The first-order valence-electron chi connectivity index (χ1n) is 8.39. The molecule has 1 fully saturated rings. The van der Waals surface area contributed by atoms with E-state index in [1.807, 2.05) is 31.2 Å². The van der Waals surface area contributed by atoms with Gasteiger partial charge in [0, 0.05) is 30.6 Å². The normalized spacial score (nSPS) is 19.3. The van der Waals surface area contributed by atoms with Crippen molar-refractivity contribution in [1.82, 2.24) is 10.6 Å². The molecule has 1 aliphatic rings. The lowest BCUT2D eigenvalue weighted by Gasteiger charge is -2.31. The molecule has 0 aromatic heterocycles. The van der Waals surface area contributed by atoms with Gasteiger partial charge >= 0.3 is 0 Å². The third-order valence-corrected chi connectivity index (χ3v) is 5.02. The maximum atomic E-state index is 12.2. The molecule has 3 N–H and O–H groups in total. The van der Waals surface area contributed by atoms with Crippen LogP contribution in [-0.2, 0) is 9.59 Å². The fourth-order valence-corrected chi connectivity index (χ4v) is 3.19. The first kappa shape index (κ1) is 17.3. The summed E-state index contributed by atoms with van der Waals surface area (Å²) in [6.45, 7) is 7.37. The van der Waals surface area contributed by atoms with Crippen LogP contribution in [0.4, 0.5) is 5.69 Å². The Morgan fingerprint density at radius 1 is 1.30 bits per heavy atom. The number of anilines is 1. The predicted molar refractivity (Wildman–Crippen MR) is 92.2 cm³/mol. The fourth-order valence-electron chi connectivity index (χ4n) is 3.19. The van der Waals surface area contributed by atoms with Crippen molar-refractivity contribution in [3.05, 3.63) is 29.8 Å². The van der Waals surface area contributed by atoms with E-state index < -0.39 is 6.04 Å². The Kier molecular flexibility index (Phi) is 5.64. The highest BCUT2D eigenvalue weighted by Gasteiger charge is 2.46. The first-order valence-corrected chi connectivity index (χ1v) is 8.39. The smallest absolute Gasteiger partial charge is 0.243 e. The molecule has 23 heavy (non-hydrogen) atoms. The largest absolute Gasteiger partial charge is 0.384 e. The van der Waals surface area contributed by atoms with Crippen molar-refractivity contribution in [1.29, 1.82) is 0 Å². The molecule has 1 atom stereocenters. The van der Waals surface area contributed by atoms with Crippen molar-refractivity contribution in [3.8, 4) is 0 Å². The molecule has 2 amide bonds. The molecule has 1 aromatic carbocycles. The van der Waals surface area contributed by atoms with E-state index >= 15 is 0 Å². The molecule has 2 rings (SSSR count). The van der Waals surface area contributed by atoms with Gasteiger partial charge < -0.3 is 16.0 Å². The highest BCUT2D eigenvalue weighted by molar-refractivity contribution is 5.90. The van der Waals surface area contributed by atoms with Gasteiger partial charge in [0.25, 0.3) is 0 Å². The zero-order chi connectivity index (χ0) is 16.9. The molecule has 1 heterocycles. The van der Waals surface area contributed by atoms with E-state index in [1.54, 1.807) is 0 Å². The van der Waals surface area contributed by atoms with Gasteiger partial charge in [-0.3, -0.25) is 9.59 Å². The summed E-state index contributed by atoms with van der Waals surface area (Å²) in [7, 11) is 0. The number of nitrogens with one attached hydrogen (secondary N) is 3. The Morgan fingerprint density at radius 3 is 2.65 bits per heavy atom. The van der Waals surface area contributed by atoms with Crippen LogP contribution in [0.25, 0.3) is 0 Å². The molecular weight excluding hydrogens is 290 g/mol. The second-order valence-corrected chi connectivity index (χ2v) is 6.28. The van der Waals surface area contributed by atoms with Crippen LogP contribution in [0.15, 0.2) is 24.3 Å². The molecule has 0 spiro atoms. The minimum Gasteiger partial charge on any atom is -0.384 e. The summed E-state index contributed by atoms with van der Waals surface area (Å²) in [5.41, 5.74) is 2.03. The Morgan fingerprint density at radius 2 is 2.00 bits per heavy atom. The molecule has 0 saturated carbocycles. The molecule has 1 saturated heterocycles. The number of amides is 2. The highest BCUT2D eigenvalue weighted by atomic mass is 16.2. The molecule has 5 nitrogen and oxygen atoms in total. The van der Waals surface area contributed by atoms with E-state index in [1.165, 1.54) is 0 Å². The van der Waals surface area contributed by atoms with Crippen molar-refractivity contribution >= 4 is 17.5 Å². The number of hydrogen-bond acceptors (Lipinski definition) is 3. The maximum absolute atomic E-state index is 12.2. The van der Waals surface area contributed by atoms with E-state index in [4.69, 9.17) is 0 Å². The zero-order valence-corrected chi connectivity index (χ0v) is 14.2. The maximum Gasteiger partial charge on any atom is 0.243 e. The van der Waals surface area contributed by atoms with Gasteiger partial charge in [0.2, 0.25) is 11.8 Å². The van der Waals surface area contributed by atoms with E-state index in [2.05, 4.69) is 29.8 Å². The lowest BCUT2D eigenvalue weighted by atomic mass is 9.77. The van der Waals surface area contributed by atoms with E-state index in [0.29, 0.717) is 19.5 Å². The van der Waals surface area contributed by atoms with Gasteiger partial charge in [-0.25, -0.2) is 0 Å². The third-order valence-electron chi connectivity index (χ3n) is 5.02. The number of para-hydroxylation sites is 1. The Hall–Kier alpha value is -2.04. The number of rotatable bonds is 7. The molecule has 1 aliphatic heterocycles. The summed E-state index contributed by atoms with van der Waals surface area (Å²) in [6.07, 6.45) is 2.09.